The standard InChI is InChI=1S/C16H17FN2O4/c17-11-3-1-2-4-13(11)23-8-7-15(21)19(10-5-6-10)12-9-14(20)18-16(12)22/h1-4,10,12H,5-9H2,(H,18,20,22). The van der Waals surface area contributed by atoms with Crippen molar-refractivity contribution in [1.82, 2.24) is 10.2 Å². The Bertz CT molecular complexity index is 645. The third-order valence-electron chi connectivity index (χ3n) is 3.92. The highest BCUT2D eigenvalue weighted by molar-refractivity contribution is 6.06. The second kappa shape index (κ2) is 6.36. The number of ether oxygens (including phenoxy) is 1. The fraction of sp³-hybridized carbons (Fsp3) is 0.438. The molecule has 1 heterocycles. The van der Waals surface area contributed by atoms with Gasteiger partial charge in [0.2, 0.25) is 17.7 Å². The number of nitrogens with one attached hydrogen (secondary N) is 1. The highest BCUT2D eigenvalue weighted by Gasteiger charge is 2.44. The zero-order valence-corrected chi connectivity index (χ0v) is 12.5. The van der Waals surface area contributed by atoms with Gasteiger partial charge in [0, 0.05) is 6.04 Å². The van der Waals surface area contributed by atoms with Crippen molar-refractivity contribution in [1.29, 1.82) is 0 Å². The zero-order chi connectivity index (χ0) is 16.4. The minimum atomic E-state index is -0.726. The average molecular weight is 320 g/mol. The summed E-state index contributed by atoms with van der Waals surface area (Å²) >= 11 is 0. The van der Waals surface area contributed by atoms with Crippen LogP contribution in [0.3, 0.4) is 0 Å². The molecule has 0 spiro atoms. The first-order chi connectivity index (χ1) is 11.1. The Kier molecular flexibility index (Phi) is 4.27. The fourth-order valence-electron chi connectivity index (χ4n) is 2.69. The zero-order valence-electron chi connectivity index (χ0n) is 12.5. The first kappa shape index (κ1) is 15.5. The number of hydrogen-bond acceptors (Lipinski definition) is 4. The van der Waals surface area contributed by atoms with Crippen molar-refractivity contribution < 1.29 is 23.5 Å². The molecule has 1 saturated carbocycles. The Morgan fingerprint density at radius 3 is 2.65 bits per heavy atom. The number of para-hydroxylation sites is 1. The number of hydrogen-bond donors (Lipinski definition) is 1. The maximum absolute atomic E-state index is 13.4. The first-order valence-corrected chi connectivity index (χ1v) is 7.58. The maximum atomic E-state index is 13.4. The minimum absolute atomic E-state index is 0.00917. The van der Waals surface area contributed by atoms with Crippen molar-refractivity contribution in [3.63, 3.8) is 0 Å². The Morgan fingerprint density at radius 2 is 2.04 bits per heavy atom. The number of benzene rings is 1. The van der Waals surface area contributed by atoms with Crippen LogP contribution in [-0.2, 0) is 14.4 Å². The molecule has 1 N–H and O–H groups in total. The molecule has 6 nitrogen and oxygen atoms in total. The maximum Gasteiger partial charge on any atom is 0.249 e. The van der Waals surface area contributed by atoms with Gasteiger partial charge >= 0.3 is 0 Å². The van der Waals surface area contributed by atoms with Gasteiger partial charge in [-0.2, -0.15) is 0 Å². The van der Waals surface area contributed by atoms with Gasteiger partial charge in [0.05, 0.1) is 19.4 Å². The highest BCUT2D eigenvalue weighted by atomic mass is 19.1. The van der Waals surface area contributed by atoms with E-state index in [1.54, 1.807) is 12.1 Å². The first-order valence-electron chi connectivity index (χ1n) is 7.58. The molecule has 1 aromatic carbocycles. The minimum Gasteiger partial charge on any atom is -0.490 e. The third kappa shape index (κ3) is 3.49. The lowest BCUT2D eigenvalue weighted by Gasteiger charge is -2.26. The molecule has 2 aliphatic rings. The smallest absolute Gasteiger partial charge is 0.249 e. The molecule has 1 aliphatic heterocycles. The van der Waals surface area contributed by atoms with Crippen LogP contribution in [0.2, 0.25) is 0 Å². The largest absolute Gasteiger partial charge is 0.490 e. The van der Waals surface area contributed by atoms with Crippen LogP contribution in [0.15, 0.2) is 24.3 Å². The highest BCUT2D eigenvalue weighted by Crippen LogP contribution is 2.31. The molecule has 1 unspecified atom stereocenters. The van der Waals surface area contributed by atoms with Gasteiger partial charge in [-0.15, -0.1) is 0 Å². The molecule has 3 amide bonds. The number of carbonyl (C=O) groups is 3. The summed E-state index contributed by atoms with van der Waals surface area (Å²) in [4.78, 5) is 37.0. The summed E-state index contributed by atoms with van der Waals surface area (Å²) < 4.78 is 18.7. The van der Waals surface area contributed by atoms with E-state index >= 15 is 0 Å². The van der Waals surface area contributed by atoms with E-state index in [1.807, 2.05) is 0 Å². The summed E-state index contributed by atoms with van der Waals surface area (Å²) in [6.07, 6.45) is 1.70. The lowest BCUT2D eigenvalue weighted by molar-refractivity contribution is -0.140. The van der Waals surface area contributed by atoms with E-state index < -0.39 is 17.8 Å². The van der Waals surface area contributed by atoms with Gasteiger partial charge in [-0.3, -0.25) is 19.7 Å². The van der Waals surface area contributed by atoms with Crippen LogP contribution in [0, 0.1) is 5.82 Å². The fourth-order valence-corrected chi connectivity index (χ4v) is 2.69. The molecular formula is C16H17FN2O4. The summed E-state index contributed by atoms with van der Waals surface area (Å²) in [5.41, 5.74) is 0. The Balaban J connectivity index is 1.58. The van der Waals surface area contributed by atoms with Gasteiger partial charge in [0.15, 0.2) is 11.6 Å². The van der Waals surface area contributed by atoms with Gasteiger partial charge in [0.1, 0.15) is 6.04 Å². The molecule has 2 fully saturated rings. The second-order valence-electron chi connectivity index (χ2n) is 5.69. The quantitative estimate of drug-likeness (QED) is 0.794. The van der Waals surface area contributed by atoms with Gasteiger partial charge in [-0.25, -0.2) is 4.39 Å². The lowest BCUT2D eigenvalue weighted by Crippen LogP contribution is -2.46. The van der Waals surface area contributed by atoms with E-state index in [9.17, 15) is 18.8 Å². The van der Waals surface area contributed by atoms with Crippen LogP contribution in [0.25, 0.3) is 0 Å². The van der Waals surface area contributed by atoms with Crippen molar-refractivity contribution in [3.05, 3.63) is 30.1 Å². The van der Waals surface area contributed by atoms with E-state index in [0.717, 1.165) is 12.8 Å². The number of halogens is 1. The van der Waals surface area contributed by atoms with E-state index in [2.05, 4.69) is 5.32 Å². The normalized spacial score (nSPS) is 20.3. The number of nitrogens with zero attached hydrogens (tertiary/aromatic N) is 1. The summed E-state index contributed by atoms with van der Waals surface area (Å²) in [5, 5.41) is 2.22. The Hall–Kier alpha value is -2.44. The number of carbonyl (C=O) groups excluding carboxylic acids is 3. The van der Waals surface area contributed by atoms with Crippen LogP contribution >= 0.6 is 0 Å². The predicted molar refractivity (Wildman–Crippen MR) is 77.9 cm³/mol. The molecule has 122 valence electrons. The Labute approximate surface area is 132 Å². The monoisotopic (exact) mass is 320 g/mol. The SMILES string of the molecule is O=C1CC(N(C(=O)CCOc2ccccc2F)C2CC2)C(=O)N1. The number of imide groups is 1. The molecule has 23 heavy (non-hydrogen) atoms. The second-order valence-corrected chi connectivity index (χ2v) is 5.69. The van der Waals surface area contributed by atoms with Crippen LogP contribution in [0.1, 0.15) is 25.7 Å². The van der Waals surface area contributed by atoms with E-state index in [1.165, 1.54) is 17.0 Å². The van der Waals surface area contributed by atoms with Crippen LogP contribution in [0.5, 0.6) is 5.75 Å². The number of rotatable bonds is 6. The molecule has 1 atom stereocenters. The summed E-state index contributed by atoms with van der Waals surface area (Å²) in [7, 11) is 0. The summed E-state index contributed by atoms with van der Waals surface area (Å²) in [5.74, 6) is -1.43. The average Bonchev–Trinajstić information content (AvgIpc) is 3.27. The van der Waals surface area contributed by atoms with Crippen LogP contribution in [0.4, 0.5) is 4.39 Å². The van der Waals surface area contributed by atoms with Crippen molar-refractivity contribution in [3.8, 4) is 5.75 Å². The van der Waals surface area contributed by atoms with Crippen LogP contribution in [-0.4, -0.2) is 41.3 Å². The summed E-state index contributed by atoms with van der Waals surface area (Å²) in [6, 6.07) is 5.25. The van der Waals surface area contributed by atoms with Gasteiger partial charge in [-0.05, 0) is 25.0 Å². The molecule has 7 heteroatoms. The molecule has 0 radical (unpaired) electrons. The van der Waals surface area contributed by atoms with E-state index in [0.29, 0.717) is 0 Å². The number of amides is 3. The van der Waals surface area contributed by atoms with Gasteiger partial charge in [0.25, 0.3) is 0 Å². The molecule has 1 aromatic rings. The Morgan fingerprint density at radius 1 is 1.30 bits per heavy atom. The topological polar surface area (TPSA) is 75.7 Å². The molecule has 0 bridgehead atoms. The van der Waals surface area contributed by atoms with E-state index in [4.69, 9.17) is 4.74 Å². The van der Waals surface area contributed by atoms with Crippen molar-refractivity contribution in [2.45, 2.75) is 37.8 Å². The van der Waals surface area contributed by atoms with E-state index in [-0.39, 0.29) is 43.1 Å². The molecule has 1 aliphatic carbocycles. The van der Waals surface area contributed by atoms with Gasteiger partial charge in [-0.1, -0.05) is 12.1 Å². The van der Waals surface area contributed by atoms with Gasteiger partial charge < -0.3 is 9.64 Å². The molecular weight excluding hydrogens is 303 g/mol. The molecule has 0 aromatic heterocycles. The van der Waals surface area contributed by atoms with Crippen molar-refractivity contribution in [2.75, 3.05) is 6.61 Å². The predicted octanol–water partition coefficient (Wildman–Crippen LogP) is 1.00. The van der Waals surface area contributed by atoms with Crippen molar-refractivity contribution in [2.24, 2.45) is 0 Å². The summed E-state index contributed by atoms with van der Waals surface area (Å²) in [6.45, 7) is 0.0191. The lowest BCUT2D eigenvalue weighted by atomic mass is 10.2. The van der Waals surface area contributed by atoms with Crippen molar-refractivity contribution >= 4 is 17.7 Å². The third-order valence-corrected chi connectivity index (χ3v) is 3.92. The molecule has 3 rings (SSSR count). The molecule has 1 saturated heterocycles. The van der Waals surface area contributed by atoms with Crippen LogP contribution < -0.4 is 10.1 Å².